The standard InChI is InChI=1S/C7H4F3N2/c8-7(9,10)5-3-1-2-4-6(5)12-11/h1-4H/q+1. The van der Waals surface area contributed by atoms with E-state index in [2.05, 4.69) is 4.98 Å². The summed E-state index contributed by atoms with van der Waals surface area (Å²) in [6.45, 7) is 0. The average Bonchev–Trinajstić information content (AvgIpc) is 2.03. The first-order valence-electron chi connectivity index (χ1n) is 3.07. The molecule has 0 aliphatic rings. The van der Waals surface area contributed by atoms with E-state index in [1.807, 2.05) is 0 Å². The topological polar surface area (TPSA) is 28.1 Å². The lowest BCUT2D eigenvalue weighted by Gasteiger charge is -2.01. The smallest absolute Gasteiger partial charge is 0.166 e. The van der Waals surface area contributed by atoms with Gasteiger partial charge in [-0.05, 0) is 6.07 Å². The van der Waals surface area contributed by atoms with Gasteiger partial charge in [0.05, 0.1) is 0 Å². The Hall–Kier alpha value is -1.57. The number of diazo groups is 1. The van der Waals surface area contributed by atoms with Crippen LogP contribution in [0.1, 0.15) is 5.56 Å². The monoisotopic (exact) mass is 173 g/mol. The van der Waals surface area contributed by atoms with Crippen molar-refractivity contribution in [2.75, 3.05) is 0 Å². The Bertz CT molecular complexity index is 324. The van der Waals surface area contributed by atoms with Crippen molar-refractivity contribution in [3.63, 3.8) is 0 Å². The Morgan fingerprint density at radius 1 is 1.17 bits per heavy atom. The minimum Gasteiger partial charge on any atom is -0.166 e. The van der Waals surface area contributed by atoms with Gasteiger partial charge in [-0.25, -0.2) is 0 Å². The van der Waals surface area contributed by atoms with E-state index in [0.717, 1.165) is 12.1 Å². The molecule has 0 aliphatic carbocycles. The lowest BCUT2D eigenvalue weighted by atomic mass is 10.2. The van der Waals surface area contributed by atoms with Gasteiger partial charge in [0.2, 0.25) is 5.39 Å². The molecular weight excluding hydrogens is 169 g/mol. The summed E-state index contributed by atoms with van der Waals surface area (Å²) in [5.74, 6) is 0. The maximum absolute atomic E-state index is 12.1. The second-order valence-electron chi connectivity index (χ2n) is 2.11. The summed E-state index contributed by atoms with van der Waals surface area (Å²) >= 11 is 0. The third kappa shape index (κ3) is 1.53. The number of hydrogen-bond acceptors (Lipinski definition) is 1. The van der Waals surface area contributed by atoms with Gasteiger partial charge in [0.25, 0.3) is 0 Å². The van der Waals surface area contributed by atoms with Crippen molar-refractivity contribution < 1.29 is 13.2 Å². The third-order valence-corrected chi connectivity index (χ3v) is 1.32. The van der Waals surface area contributed by atoms with Gasteiger partial charge in [0.15, 0.2) is 10.5 Å². The van der Waals surface area contributed by atoms with E-state index in [1.165, 1.54) is 12.1 Å². The number of benzene rings is 1. The number of nitrogens with zero attached hydrogens (tertiary/aromatic N) is 2. The molecule has 12 heavy (non-hydrogen) atoms. The van der Waals surface area contributed by atoms with Crippen LogP contribution in [0.3, 0.4) is 0 Å². The maximum atomic E-state index is 12.1. The van der Waals surface area contributed by atoms with Crippen LogP contribution in [0.2, 0.25) is 0 Å². The molecule has 1 aromatic carbocycles. The normalized spacial score (nSPS) is 10.8. The fraction of sp³-hybridized carbons (Fsp3) is 0.143. The predicted octanol–water partition coefficient (Wildman–Crippen LogP) is 3.19. The molecule has 0 bridgehead atoms. The van der Waals surface area contributed by atoms with Crippen molar-refractivity contribution in [1.82, 2.24) is 0 Å². The molecule has 0 saturated carbocycles. The van der Waals surface area contributed by atoms with Crippen LogP contribution < -0.4 is 0 Å². The summed E-state index contributed by atoms with van der Waals surface area (Å²) in [6, 6.07) is 4.54. The lowest BCUT2D eigenvalue weighted by molar-refractivity contribution is -0.136. The number of alkyl halides is 3. The lowest BCUT2D eigenvalue weighted by Crippen LogP contribution is -2.04. The molecule has 0 spiro atoms. The van der Waals surface area contributed by atoms with Gasteiger partial charge in [-0.15, -0.1) is 0 Å². The van der Waals surface area contributed by atoms with Gasteiger partial charge in [0.1, 0.15) is 0 Å². The van der Waals surface area contributed by atoms with Gasteiger partial charge in [-0.1, -0.05) is 12.1 Å². The molecule has 0 fully saturated rings. The Labute approximate surface area is 66.3 Å². The minimum absolute atomic E-state index is 0.468. The zero-order valence-electron chi connectivity index (χ0n) is 5.84. The Morgan fingerprint density at radius 2 is 1.75 bits per heavy atom. The first kappa shape index (κ1) is 8.53. The van der Waals surface area contributed by atoms with E-state index in [4.69, 9.17) is 5.39 Å². The van der Waals surface area contributed by atoms with Crippen LogP contribution in [-0.2, 0) is 6.18 Å². The Kier molecular flexibility index (Phi) is 2.00. The van der Waals surface area contributed by atoms with E-state index in [0.29, 0.717) is 0 Å². The van der Waals surface area contributed by atoms with Crippen molar-refractivity contribution in [1.29, 1.82) is 5.39 Å². The highest BCUT2D eigenvalue weighted by Gasteiger charge is 2.38. The highest BCUT2D eigenvalue weighted by atomic mass is 19.4. The molecule has 0 heterocycles. The fourth-order valence-electron chi connectivity index (χ4n) is 0.801. The Balaban J connectivity index is 3.26. The highest BCUT2D eigenvalue weighted by Crippen LogP contribution is 2.35. The summed E-state index contributed by atoms with van der Waals surface area (Å²) in [5, 5.41) is 8.21. The fourth-order valence-corrected chi connectivity index (χ4v) is 0.801. The molecule has 1 rings (SSSR count). The van der Waals surface area contributed by atoms with Crippen molar-refractivity contribution >= 4 is 5.69 Å². The first-order valence-corrected chi connectivity index (χ1v) is 3.07. The van der Waals surface area contributed by atoms with E-state index in [9.17, 15) is 13.2 Å². The molecule has 0 unspecified atom stereocenters. The zero-order valence-corrected chi connectivity index (χ0v) is 5.84. The highest BCUT2D eigenvalue weighted by molar-refractivity contribution is 5.52. The molecule has 0 saturated heterocycles. The molecule has 0 amide bonds. The number of hydrogen-bond donors (Lipinski definition) is 0. The van der Waals surface area contributed by atoms with Crippen LogP contribution >= 0.6 is 0 Å². The predicted molar refractivity (Wildman–Crippen MR) is 36.2 cm³/mol. The molecule has 62 valence electrons. The molecular formula is C7H4F3N2+. The SMILES string of the molecule is N#[N+]c1ccccc1C(F)(F)F. The second-order valence-corrected chi connectivity index (χ2v) is 2.11. The Morgan fingerprint density at radius 3 is 2.17 bits per heavy atom. The molecule has 2 nitrogen and oxygen atoms in total. The van der Waals surface area contributed by atoms with E-state index in [-0.39, 0.29) is 0 Å². The summed E-state index contributed by atoms with van der Waals surface area (Å²) in [4.78, 5) is 2.52. The van der Waals surface area contributed by atoms with Gasteiger partial charge < -0.3 is 0 Å². The van der Waals surface area contributed by atoms with Crippen LogP contribution in [0, 0.1) is 5.39 Å². The molecule has 0 N–H and O–H groups in total. The molecule has 0 atom stereocenters. The maximum Gasteiger partial charge on any atom is 0.424 e. The second kappa shape index (κ2) is 2.81. The van der Waals surface area contributed by atoms with E-state index >= 15 is 0 Å². The van der Waals surface area contributed by atoms with Gasteiger partial charge in [0, 0.05) is 6.07 Å². The minimum atomic E-state index is -4.47. The molecule has 5 heteroatoms. The van der Waals surface area contributed by atoms with Crippen LogP contribution in [0.5, 0.6) is 0 Å². The molecule has 0 aromatic heterocycles. The quantitative estimate of drug-likeness (QED) is 0.553. The van der Waals surface area contributed by atoms with Gasteiger partial charge in [-0.3, -0.25) is 0 Å². The van der Waals surface area contributed by atoms with E-state index in [1.54, 1.807) is 0 Å². The third-order valence-electron chi connectivity index (χ3n) is 1.32. The first-order chi connectivity index (χ1) is 5.55. The molecule has 0 aliphatic heterocycles. The largest absolute Gasteiger partial charge is 0.424 e. The zero-order chi connectivity index (χ0) is 9.19. The van der Waals surface area contributed by atoms with Crippen molar-refractivity contribution in [3.05, 3.63) is 34.8 Å². The molecule has 1 aromatic rings. The van der Waals surface area contributed by atoms with Crippen LogP contribution in [0.4, 0.5) is 18.9 Å². The van der Waals surface area contributed by atoms with Gasteiger partial charge >= 0.3 is 11.9 Å². The summed E-state index contributed by atoms with van der Waals surface area (Å²) < 4.78 is 36.2. The van der Waals surface area contributed by atoms with Crippen molar-refractivity contribution in [2.24, 2.45) is 0 Å². The summed E-state index contributed by atoms with van der Waals surface area (Å²) in [5.41, 5.74) is -1.41. The van der Waals surface area contributed by atoms with E-state index < -0.39 is 17.4 Å². The summed E-state index contributed by atoms with van der Waals surface area (Å²) in [7, 11) is 0. The number of rotatable bonds is 0. The van der Waals surface area contributed by atoms with Crippen LogP contribution in [-0.4, -0.2) is 0 Å². The van der Waals surface area contributed by atoms with Crippen LogP contribution in [0.25, 0.3) is 4.98 Å². The van der Waals surface area contributed by atoms with Crippen LogP contribution in [0.15, 0.2) is 24.3 Å². The van der Waals surface area contributed by atoms with Crippen molar-refractivity contribution in [3.8, 4) is 0 Å². The van der Waals surface area contributed by atoms with Crippen molar-refractivity contribution in [2.45, 2.75) is 6.18 Å². The summed E-state index contributed by atoms with van der Waals surface area (Å²) in [6.07, 6.45) is -4.47. The molecule has 0 radical (unpaired) electrons. The number of halogens is 3. The van der Waals surface area contributed by atoms with Gasteiger partial charge in [-0.2, -0.15) is 13.2 Å². The average molecular weight is 173 g/mol.